The predicted molar refractivity (Wildman–Crippen MR) is 121 cm³/mol. The molecular weight excluding hydrogens is 410 g/mol. The van der Waals surface area contributed by atoms with Crippen LogP contribution in [-0.2, 0) is 29.2 Å². The molecule has 0 unspecified atom stereocenters. The topological polar surface area (TPSA) is 83.0 Å². The maximum Gasteiger partial charge on any atom is 0.240 e. The molecule has 2 heterocycles. The van der Waals surface area contributed by atoms with Crippen LogP contribution in [0.3, 0.4) is 0 Å². The van der Waals surface area contributed by atoms with Gasteiger partial charge in [0.2, 0.25) is 11.8 Å². The molecule has 1 fully saturated rings. The zero-order valence-electron chi connectivity index (χ0n) is 17.4. The van der Waals surface area contributed by atoms with Crippen molar-refractivity contribution in [3.8, 4) is 11.4 Å². The molecule has 1 aliphatic heterocycles. The van der Waals surface area contributed by atoms with Crippen molar-refractivity contribution in [3.05, 3.63) is 70.0 Å². The highest BCUT2D eigenvalue weighted by Gasteiger charge is 2.21. The Morgan fingerprint density at radius 3 is 2.61 bits per heavy atom. The van der Waals surface area contributed by atoms with E-state index in [9.17, 15) is 9.59 Å². The van der Waals surface area contributed by atoms with Gasteiger partial charge < -0.3 is 10.2 Å². The molecule has 1 aliphatic rings. The molecule has 2 aromatic carbocycles. The molecule has 2 N–H and O–H groups in total. The van der Waals surface area contributed by atoms with Gasteiger partial charge in [0.15, 0.2) is 10.6 Å². The largest absolute Gasteiger partial charge is 0.350 e. The number of nitrogens with one attached hydrogen (secondary N) is 2. The highest BCUT2D eigenvalue weighted by atomic mass is 32.1. The first-order chi connectivity index (χ1) is 15.0. The van der Waals surface area contributed by atoms with Crippen LogP contribution in [0.1, 0.15) is 29.5 Å². The number of rotatable bonds is 7. The standard InChI is InChI=1S/C23H25N5O2S/c1-16-8-10-17(11-9-16)22-25-26-23(31)28(22)15-20(29)24-13-18-5-2-3-6-19(18)14-27-12-4-7-21(27)30/h2-3,5-6,8-11H,4,7,12-15H2,1H3,(H,24,29)(H,26,31). The zero-order valence-corrected chi connectivity index (χ0v) is 18.2. The molecule has 7 nitrogen and oxygen atoms in total. The minimum Gasteiger partial charge on any atom is -0.350 e. The minimum atomic E-state index is -0.155. The van der Waals surface area contributed by atoms with Gasteiger partial charge in [-0.05, 0) is 36.7 Å². The molecule has 160 valence electrons. The number of carbonyl (C=O) groups excluding carboxylic acids is 2. The Morgan fingerprint density at radius 2 is 1.90 bits per heavy atom. The Hall–Kier alpha value is -3.26. The summed E-state index contributed by atoms with van der Waals surface area (Å²) in [6.07, 6.45) is 1.53. The maximum atomic E-state index is 12.7. The Bertz CT molecular complexity index is 1150. The molecule has 2 amide bonds. The molecule has 0 aliphatic carbocycles. The lowest BCUT2D eigenvalue weighted by Gasteiger charge is -2.18. The van der Waals surface area contributed by atoms with E-state index in [2.05, 4.69) is 15.5 Å². The monoisotopic (exact) mass is 435 g/mol. The molecule has 1 saturated heterocycles. The number of benzene rings is 2. The summed E-state index contributed by atoms with van der Waals surface area (Å²) in [5.41, 5.74) is 4.10. The summed E-state index contributed by atoms with van der Waals surface area (Å²) in [5, 5.41) is 10.1. The second-order valence-electron chi connectivity index (χ2n) is 7.77. The number of aryl methyl sites for hydroxylation is 1. The lowest BCUT2D eigenvalue weighted by Crippen LogP contribution is -2.29. The number of aromatic nitrogens is 3. The van der Waals surface area contributed by atoms with E-state index in [1.54, 1.807) is 4.57 Å². The SMILES string of the molecule is Cc1ccc(-c2n[nH]c(=S)n2CC(=O)NCc2ccccc2CN2CCCC2=O)cc1. The molecule has 1 aromatic heterocycles. The van der Waals surface area contributed by atoms with Crippen LogP contribution >= 0.6 is 12.2 Å². The molecule has 0 spiro atoms. The molecule has 0 radical (unpaired) electrons. The zero-order chi connectivity index (χ0) is 21.8. The number of aromatic amines is 1. The van der Waals surface area contributed by atoms with E-state index >= 15 is 0 Å². The van der Waals surface area contributed by atoms with Crippen molar-refractivity contribution in [1.82, 2.24) is 25.0 Å². The number of nitrogens with zero attached hydrogens (tertiary/aromatic N) is 3. The Kier molecular flexibility index (Phi) is 6.27. The second-order valence-corrected chi connectivity index (χ2v) is 8.16. The summed E-state index contributed by atoms with van der Waals surface area (Å²) in [6.45, 7) is 3.86. The minimum absolute atomic E-state index is 0.0747. The summed E-state index contributed by atoms with van der Waals surface area (Å²) >= 11 is 5.33. The van der Waals surface area contributed by atoms with Gasteiger partial charge in [-0.25, -0.2) is 0 Å². The van der Waals surface area contributed by atoms with E-state index in [-0.39, 0.29) is 18.4 Å². The summed E-state index contributed by atoms with van der Waals surface area (Å²) < 4.78 is 2.10. The average Bonchev–Trinajstić information content (AvgIpc) is 3.33. The third kappa shape index (κ3) is 4.91. The fraction of sp³-hybridized carbons (Fsp3) is 0.304. The van der Waals surface area contributed by atoms with Gasteiger partial charge in [0.05, 0.1) is 0 Å². The van der Waals surface area contributed by atoms with Crippen LogP contribution in [0.15, 0.2) is 48.5 Å². The van der Waals surface area contributed by atoms with Crippen molar-refractivity contribution >= 4 is 24.0 Å². The second kappa shape index (κ2) is 9.26. The lowest BCUT2D eigenvalue weighted by molar-refractivity contribution is -0.128. The third-order valence-electron chi connectivity index (χ3n) is 5.50. The first-order valence-corrected chi connectivity index (χ1v) is 10.8. The number of hydrogen-bond donors (Lipinski definition) is 2. The summed E-state index contributed by atoms with van der Waals surface area (Å²) in [4.78, 5) is 26.5. The van der Waals surface area contributed by atoms with Gasteiger partial charge in [0.1, 0.15) is 6.54 Å². The van der Waals surface area contributed by atoms with Crippen LogP contribution in [0.25, 0.3) is 11.4 Å². The number of H-pyrrole nitrogens is 1. The highest BCUT2D eigenvalue weighted by Crippen LogP contribution is 2.19. The van der Waals surface area contributed by atoms with Gasteiger partial charge in [0, 0.05) is 31.6 Å². The molecule has 3 aromatic rings. The van der Waals surface area contributed by atoms with Crippen LogP contribution in [0.5, 0.6) is 0 Å². The van der Waals surface area contributed by atoms with Crippen molar-refractivity contribution in [3.63, 3.8) is 0 Å². The van der Waals surface area contributed by atoms with Crippen LogP contribution in [0.4, 0.5) is 0 Å². The summed E-state index contributed by atoms with van der Waals surface area (Å²) in [7, 11) is 0. The van der Waals surface area contributed by atoms with Gasteiger partial charge in [-0.15, -0.1) is 0 Å². The first kappa shape index (κ1) is 21.0. The third-order valence-corrected chi connectivity index (χ3v) is 5.81. The quantitative estimate of drug-likeness (QED) is 0.558. The van der Waals surface area contributed by atoms with Crippen molar-refractivity contribution in [1.29, 1.82) is 0 Å². The number of likely N-dealkylation sites (tertiary alicyclic amines) is 1. The van der Waals surface area contributed by atoms with Crippen LogP contribution in [-0.4, -0.2) is 38.0 Å². The van der Waals surface area contributed by atoms with Crippen molar-refractivity contribution in [2.45, 2.75) is 39.4 Å². The first-order valence-electron chi connectivity index (χ1n) is 10.3. The van der Waals surface area contributed by atoms with Gasteiger partial charge in [-0.3, -0.25) is 19.3 Å². The lowest BCUT2D eigenvalue weighted by atomic mass is 10.1. The normalized spacial score (nSPS) is 13.6. The van der Waals surface area contributed by atoms with Crippen LogP contribution < -0.4 is 5.32 Å². The Morgan fingerprint density at radius 1 is 1.16 bits per heavy atom. The molecule has 0 saturated carbocycles. The van der Waals surface area contributed by atoms with Gasteiger partial charge in [0.25, 0.3) is 0 Å². The van der Waals surface area contributed by atoms with E-state index in [0.717, 1.165) is 35.2 Å². The van der Waals surface area contributed by atoms with Crippen molar-refractivity contribution < 1.29 is 9.59 Å². The highest BCUT2D eigenvalue weighted by molar-refractivity contribution is 7.71. The van der Waals surface area contributed by atoms with Crippen molar-refractivity contribution in [2.75, 3.05) is 6.54 Å². The van der Waals surface area contributed by atoms with Crippen LogP contribution in [0.2, 0.25) is 0 Å². The predicted octanol–water partition coefficient (Wildman–Crippen LogP) is 3.35. The van der Waals surface area contributed by atoms with Gasteiger partial charge in [-0.1, -0.05) is 54.1 Å². The van der Waals surface area contributed by atoms with Crippen LogP contribution in [0, 0.1) is 11.7 Å². The summed E-state index contributed by atoms with van der Waals surface area (Å²) in [5.74, 6) is 0.669. The fourth-order valence-electron chi connectivity index (χ4n) is 3.74. The average molecular weight is 436 g/mol. The molecule has 8 heteroatoms. The van der Waals surface area contributed by atoms with E-state index in [1.165, 1.54) is 0 Å². The molecule has 0 bridgehead atoms. The Balaban J connectivity index is 1.43. The summed E-state index contributed by atoms with van der Waals surface area (Å²) in [6, 6.07) is 15.8. The number of hydrogen-bond acceptors (Lipinski definition) is 4. The van der Waals surface area contributed by atoms with Gasteiger partial charge in [-0.2, -0.15) is 5.10 Å². The van der Waals surface area contributed by atoms with Gasteiger partial charge >= 0.3 is 0 Å². The number of carbonyl (C=O) groups is 2. The van der Waals surface area contributed by atoms with E-state index < -0.39 is 0 Å². The van der Waals surface area contributed by atoms with Crippen molar-refractivity contribution in [2.24, 2.45) is 0 Å². The van der Waals surface area contributed by atoms with E-state index in [1.807, 2.05) is 60.4 Å². The molecule has 0 atom stereocenters. The fourth-order valence-corrected chi connectivity index (χ4v) is 3.94. The van der Waals surface area contributed by atoms with E-state index in [4.69, 9.17) is 12.2 Å². The molecule has 4 rings (SSSR count). The van der Waals surface area contributed by atoms with E-state index in [0.29, 0.717) is 30.1 Å². The Labute approximate surface area is 186 Å². The molecular formula is C23H25N5O2S. The smallest absolute Gasteiger partial charge is 0.240 e. The maximum absolute atomic E-state index is 12.7. The molecule has 31 heavy (non-hydrogen) atoms. The number of amides is 2.